The van der Waals surface area contributed by atoms with Gasteiger partial charge in [0.2, 0.25) is 0 Å². The van der Waals surface area contributed by atoms with Crippen LogP contribution in [0.25, 0.3) is 11.4 Å². The Labute approximate surface area is 200 Å². The van der Waals surface area contributed by atoms with Gasteiger partial charge in [0, 0.05) is 48.3 Å². The summed E-state index contributed by atoms with van der Waals surface area (Å²) in [6.07, 6.45) is 1.47. The number of benzene rings is 1. The highest BCUT2D eigenvalue weighted by atomic mass is 35.5. The summed E-state index contributed by atoms with van der Waals surface area (Å²) in [6.45, 7) is 2.85. The molecule has 0 aliphatic carbocycles. The Hall–Kier alpha value is -3.20. The summed E-state index contributed by atoms with van der Waals surface area (Å²) >= 11 is 6.22. The van der Waals surface area contributed by atoms with Crippen LogP contribution in [-0.4, -0.2) is 44.9 Å². The first-order chi connectivity index (χ1) is 16.2. The summed E-state index contributed by atoms with van der Waals surface area (Å²) in [5.41, 5.74) is 0.177. The normalized spacial score (nSPS) is 18.6. The van der Waals surface area contributed by atoms with Crippen molar-refractivity contribution in [1.29, 1.82) is 0 Å². The monoisotopic (exact) mass is 489 g/mol. The number of carbonyl (C=O) groups is 1. The Morgan fingerprint density at radius 2 is 1.88 bits per heavy atom. The summed E-state index contributed by atoms with van der Waals surface area (Å²) in [7, 11) is 0. The minimum Gasteiger partial charge on any atom is -0.368 e. The molecule has 4 rings (SSSR count). The molecule has 178 valence electrons. The molecule has 1 aromatic carbocycles. The fourth-order valence-electron chi connectivity index (χ4n) is 4.08. The lowest BCUT2D eigenvalue weighted by molar-refractivity contribution is -0.137. The van der Waals surface area contributed by atoms with E-state index >= 15 is 0 Å². The van der Waals surface area contributed by atoms with Crippen molar-refractivity contribution in [3.05, 3.63) is 71.1 Å². The second kappa shape index (κ2) is 9.97. The van der Waals surface area contributed by atoms with Crippen LogP contribution in [-0.2, 0) is 6.18 Å². The molecule has 1 aliphatic rings. The van der Waals surface area contributed by atoms with Gasteiger partial charge in [-0.1, -0.05) is 18.5 Å². The molecule has 6 nitrogen and oxygen atoms in total. The SMILES string of the molecule is CC1CCC(CNc2cc(C(F)(F)F)ccn2)N(C(=O)c2cc(Cl)ccc2-c2ncccn2)C1. The van der Waals surface area contributed by atoms with Gasteiger partial charge in [-0.15, -0.1) is 0 Å². The zero-order valence-electron chi connectivity index (χ0n) is 18.4. The van der Waals surface area contributed by atoms with E-state index in [9.17, 15) is 18.0 Å². The number of nitrogens with zero attached hydrogens (tertiary/aromatic N) is 4. The summed E-state index contributed by atoms with van der Waals surface area (Å²) in [4.78, 5) is 28.0. The van der Waals surface area contributed by atoms with Crippen molar-refractivity contribution in [2.45, 2.75) is 32.0 Å². The molecular formula is C24H23ClF3N5O. The van der Waals surface area contributed by atoms with Gasteiger partial charge in [-0.05, 0) is 55.2 Å². The minimum atomic E-state index is -4.45. The Kier molecular flexibility index (Phi) is 7.02. The Bertz CT molecular complexity index is 1160. The third-order valence-corrected chi connectivity index (χ3v) is 6.06. The number of likely N-dealkylation sites (tertiary alicyclic amines) is 1. The molecule has 0 saturated carbocycles. The maximum atomic E-state index is 13.7. The van der Waals surface area contributed by atoms with Crippen LogP contribution in [0.2, 0.25) is 5.02 Å². The molecule has 10 heteroatoms. The zero-order valence-corrected chi connectivity index (χ0v) is 19.1. The molecule has 3 heterocycles. The lowest BCUT2D eigenvalue weighted by Gasteiger charge is -2.39. The average molecular weight is 490 g/mol. The number of rotatable bonds is 5. The van der Waals surface area contributed by atoms with E-state index in [1.807, 2.05) is 0 Å². The smallest absolute Gasteiger partial charge is 0.368 e. The first-order valence-corrected chi connectivity index (χ1v) is 11.2. The number of halogens is 4. The van der Waals surface area contributed by atoms with Gasteiger partial charge in [-0.2, -0.15) is 13.2 Å². The van der Waals surface area contributed by atoms with E-state index in [0.717, 1.165) is 24.8 Å². The molecular weight excluding hydrogens is 467 g/mol. The molecule has 1 fully saturated rings. The summed E-state index contributed by atoms with van der Waals surface area (Å²) in [5.74, 6) is 0.584. The van der Waals surface area contributed by atoms with E-state index in [1.165, 1.54) is 0 Å². The second-order valence-corrected chi connectivity index (χ2v) is 8.80. The van der Waals surface area contributed by atoms with Crippen molar-refractivity contribution in [3.8, 4) is 11.4 Å². The van der Waals surface area contributed by atoms with Crippen molar-refractivity contribution in [3.63, 3.8) is 0 Å². The van der Waals surface area contributed by atoms with Crippen LogP contribution >= 0.6 is 11.6 Å². The summed E-state index contributed by atoms with van der Waals surface area (Å²) in [6, 6.07) is 8.36. The van der Waals surface area contributed by atoms with Crippen molar-refractivity contribution in [1.82, 2.24) is 19.9 Å². The van der Waals surface area contributed by atoms with Crippen LogP contribution in [0.5, 0.6) is 0 Å². The standard InChI is InChI=1S/C24H23ClF3N5O/c1-15-3-5-18(13-32-21-11-16(7-10-29-21)24(26,27)28)33(14-15)23(34)20-12-17(25)4-6-19(20)22-30-8-2-9-31-22/h2,4,6-12,15,18H,3,5,13-14H2,1H3,(H,29,32). The number of alkyl halides is 3. The fraction of sp³-hybridized carbons (Fsp3) is 0.333. The number of hydrogen-bond acceptors (Lipinski definition) is 5. The molecule has 1 saturated heterocycles. The maximum Gasteiger partial charge on any atom is 0.416 e. The van der Waals surface area contributed by atoms with Crippen LogP contribution in [0.4, 0.5) is 19.0 Å². The van der Waals surface area contributed by atoms with Crippen molar-refractivity contribution < 1.29 is 18.0 Å². The van der Waals surface area contributed by atoms with Crippen LogP contribution in [0.3, 0.4) is 0 Å². The molecule has 0 radical (unpaired) electrons. The van der Waals surface area contributed by atoms with Crippen LogP contribution in [0.15, 0.2) is 55.0 Å². The van der Waals surface area contributed by atoms with Gasteiger partial charge in [0.15, 0.2) is 5.82 Å². The van der Waals surface area contributed by atoms with E-state index in [-0.39, 0.29) is 30.2 Å². The van der Waals surface area contributed by atoms with Gasteiger partial charge in [0.1, 0.15) is 5.82 Å². The molecule has 1 aliphatic heterocycles. The largest absolute Gasteiger partial charge is 0.416 e. The van der Waals surface area contributed by atoms with Crippen LogP contribution in [0, 0.1) is 5.92 Å². The van der Waals surface area contributed by atoms with Crippen molar-refractivity contribution in [2.75, 3.05) is 18.4 Å². The lowest BCUT2D eigenvalue weighted by Crippen LogP contribution is -2.49. The molecule has 0 bridgehead atoms. The molecule has 1 amide bonds. The first kappa shape index (κ1) is 23.9. The number of carbonyl (C=O) groups excluding carboxylic acids is 1. The molecule has 2 unspecified atom stereocenters. The van der Waals surface area contributed by atoms with Crippen LogP contribution in [0.1, 0.15) is 35.7 Å². The van der Waals surface area contributed by atoms with Gasteiger partial charge in [0.05, 0.1) is 11.1 Å². The van der Waals surface area contributed by atoms with E-state index in [1.54, 1.807) is 41.6 Å². The fourth-order valence-corrected chi connectivity index (χ4v) is 4.25. The zero-order chi connectivity index (χ0) is 24.3. The highest BCUT2D eigenvalue weighted by molar-refractivity contribution is 6.31. The number of anilines is 1. The first-order valence-electron chi connectivity index (χ1n) is 10.9. The van der Waals surface area contributed by atoms with Crippen molar-refractivity contribution >= 4 is 23.3 Å². The topological polar surface area (TPSA) is 71.0 Å². The molecule has 0 spiro atoms. The Balaban J connectivity index is 1.59. The van der Waals surface area contributed by atoms with Gasteiger partial charge < -0.3 is 10.2 Å². The molecule has 3 aromatic rings. The number of amides is 1. The molecule has 2 atom stereocenters. The van der Waals surface area contributed by atoms with Gasteiger partial charge in [0.25, 0.3) is 5.91 Å². The average Bonchev–Trinajstić information content (AvgIpc) is 2.83. The van der Waals surface area contributed by atoms with Gasteiger partial charge >= 0.3 is 6.18 Å². The van der Waals surface area contributed by atoms with Gasteiger partial charge in [-0.3, -0.25) is 4.79 Å². The van der Waals surface area contributed by atoms with E-state index in [2.05, 4.69) is 27.2 Å². The van der Waals surface area contributed by atoms with Crippen LogP contribution < -0.4 is 5.32 Å². The van der Waals surface area contributed by atoms with Crippen molar-refractivity contribution in [2.24, 2.45) is 5.92 Å². The predicted octanol–water partition coefficient (Wildman–Crippen LogP) is 5.56. The minimum absolute atomic E-state index is 0.113. The lowest BCUT2D eigenvalue weighted by atomic mass is 9.92. The van der Waals surface area contributed by atoms with E-state index in [4.69, 9.17) is 11.6 Å². The predicted molar refractivity (Wildman–Crippen MR) is 123 cm³/mol. The number of piperidine rings is 1. The van der Waals surface area contributed by atoms with Gasteiger partial charge in [-0.25, -0.2) is 15.0 Å². The highest BCUT2D eigenvalue weighted by Gasteiger charge is 2.33. The number of aromatic nitrogens is 3. The number of hydrogen-bond donors (Lipinski definition) is 1. The summed E-state index contributed by atoms with van der Waals surface area (Å²) < 4.78 is 39.1. The maximum absolute atomic E-state index is 13.7. The Morgan fingerprint density at radius 3 is 2.62 bits per heavy atom. The molecule has 2 aromatic heterocycles. The third-order valence-electron chi connectivity index (χ3n) is 5.83. The highest BCUT2D eigenvalue weighted by Crippen LogP contribution is 2.31. The number of nitrogens with one attached hydrogen (secondary N) is 1. The van der Waals surface area contributed by atoms with E-state index < -0.39 is 11.7 Å². The Morgan fingerprint density at radius 1 is 1.12 bits per heavy atom. The quantitative estimate of drug-likeness (QED) is 0.508. The summed E-state index contributed by atoms with van der Waals surface area (Å²) in [5, 5.41) is 3.39. The molecule has 1 N–H and O–H groups in total. The second-order valence-electron chi connectivity index (χ2n) is 8.36. The third kappa shape index (κ3) is 5.47. The van der Waals surface area contributed by atoms with E-state index in [0.29, 0.717) is 34.9 Å². The molecule has 34 heavy (non-hydrogen) atoms. The number of pyridine rings is 1.